The van der Waals surface area contributed by atoms with Gasteiger partial charge in [-0.2, -0.15) is 0 Å². The van der Waals surface area contributed by atoms with E-state index < -0.39 is 0 Å². The van der Waals surface area contributed by atoms with Crippen LogP contribution in [0.15, 0.2) is 48.7 Å². The van der Waals surface area contributed by atoms with Gasteiger partial charge in [0.15, 0.2) is 0 Å². The minimum absolute atomic E-state index is 0.427. The molecule has 0 atom stereocenters. The first-order chi connectivity index (χ1) is 14.3. The standard InChI is InChI=1S/C17H19N5O.C6H12/c18-13-22-9-8-21(11-16(22)19)15-6-7-17(20-10-15)23-12-14-4-2-1-3-5-14;1-2-4-6-5-3-1/h1-7,10,13,18-19H,8-9,11-12H2;1-6H2. The number of benzene rings is 1. The largest absolute Gasteiger partial charge is 0.473 e. The van der Waals surface area contributed by atoms with Gasteiger partial charge in [-0.25, -0.2) is 4.98 Å². The number of piperazine rings is 1. The van der Waals surface area contributed by atoms with E-state index in [0.717, 1.165) is 17.8 Å². The highest BCUT2D eigenvalue weighted by atomic mass is 16.5. The average Bonchev–Trinajstić information content (AvgIpc) is 2.80. The molecule has 0 spiro atoms. The summed E-state index contributed by atoms with van der Waals surface area (Å²) < 4.78 is 5.68. The zero-order valence-corrected chi connectivity index (χ0v) is 17.0. The molecule has 2 fully saturated rings. The summed E-state index contributed by atoms with van der Waals surface area (Å²) in [6, 6.07) is 13.8. The van der Waals surface area contributed by atoms with Crippen LogP contribution < -0.4 is 9.64 Å². The lowest BCUT2D eigenvalue weighted by Crippen LogP contribution is -2.49. The molecule has 154 valence electrons. The highest BCUT2D eigenvalue weighted by molar-refractivity contribution is 5.93. The van der Waals surface area contributed by atoms with E-state index in [1.54, 1.807) is 11.1 Å². The summed E-state index contributed by atoms with van der Waals surface area (Å²) in [7, 11) is 0. The second-order valence-electron chi connectivity index (χ2n) is 7.44. The van der Waals surface area contributed by atoms with Crippen molar-refractivity contribution in [1.82, 2.24) is 9.88 Å². The number of nitrogens with zero attached hydrogens (tertiary/aromatic N) is 3. The molecule has 1 aromatic heterocycles. The van der Waals surface area contributed by atoms with Gasteiger partial charge >= 0.3 is 0 Å². The molecule has 1 aliphatic carbocycles. The summed E-state index contributed by atoms with van der Waals surface area (Å²) >= 11 is 0. The molecule has 2 N–H and O–H groups in total. The molecule has 1 aromatic carbocycles. The van der Waals surface area contributed by atoms with E-state index in [9.17, 15) is 0 Å². The Bertz CT molecular complexity index is 747. The van der Waals surface area contributed by atoms with E-state index in [2.05, 4.69) is 9.88 Å². The molecule has 4 rings (SSSR count). The number of nitrogens with one attached hydrogen (secondary N) is 2. The normalized spacial score (nSPS) is 16.6. The fourth-order valence-corrected chi connectivity index (χ4v) is 3.51. The van der Waals surface area contributed by atoms with Crippen LogP contribution in [0.4, 0.5) is 5.69 Å². The van der Waals surface area contributed by atoms with Crippen molar-refractivity contribution in [3.63, 3.8) is 0 Å². The molecule has 0 radical (unpaired) electrons. The summed E-state index contributed by atoms with van der Waals surface area (Å²) in [6.45, 7) is 2.40. The number of pyridine rings is 1. The highest BCUT2D eigenvalue weighted by Crippen LogP contribution is 2.19. The Kier molecular flexibility index (Phi) is 8.04. The number of anilines is 1. The van der Waals surface area contributed by atoms with Gasteiger partial charge in [0.1, 0.15) is 12.4 Å². The van der Waals surface area contributed by atoms with Crippen LogP contribution in [-0.2, 0) is 6.61 Å². The summed E-state index contributed by atoms with van der Waals surface area (Å²) in [5.74, 6) is 1.02. The molecular weight excluding hydrogens is 362 g/mol. The number of ether oxygens (including phenoxy) is 1. The lowest BCUT2D eigenvalue weighted by molar-refractivity contribution is 0.294. The fourth-order valence-electron chi connectivity index (χ4n) is 3.51. The molecule has 0 amide bonds. The molecule has 2 heterocycles. The highest BCUT2D eigenvalue weighted by Gasteiger charge is 2.20. The van der Waals surface area contributed by atoms with Crippen molar-refractivity contribution in [2.24, 2.45) is 0 Å². The van der Waals surface area contributed by atoms with Crippen LogP contribution >= 0.6 is 0 Å². The van der Waals surface area contributed by atoms with Crippen molar-refractivity contribution < 1.29 is 4.74 Å². The zero-order valence-electron chi connectivity index (χ0n) is 17.0. The van der Waals surface area contributed by atoms with Crippen LogP contribution in [0.3, 0.4) is 0 Å². The summed E-state index contributed by atoms with van der Waals surface area (Å²) in [5.41, 5.74) is 2.07. The monoisotopic (exact) mass is 393 g/mol. The third-order valence-corrected chi connectivity index (χ3v) is 5.27. The van der Waals surface area contributed by atoms with Crippen molar-refractivity contribution in [2.75, 3.05) is 24.5 Å². The predicted octanol–water partition coefficient (Wildman–Crippen LogP) is 4.71. The molecule has 29 heavy (non-hydrogen) atoms. The predicted molar refractivity (Wildman–Crippen MR) is 118 cm³/mol. The summed E-state index contributed by atoms with van der Waals surface area (Å²) in [4.78, 5) is 8.06. The summed E-state index contributed by atoms with van der Waals surface area (Å²) in [6.07, 6.45) is 12.0. The average molecular weight is 394 g/mol. The molecular formula is C23H31N5O. The van der Waals surface area contributed by atoms with Crippen LogP contribution in [0.2, 0.25) is 0 Å². The Labute approximate surface area is 173 Å². The van der Waals surface area contributed by atoms with Crippen molar-refractivity contribution in [3.05, 3.63) is 54.2 Å². The summed E-state index contributed by atoms with van der Waals surface area (Å²) in [5, 5.41) is 15.2. The Hall–Kier alpha value is -2.89. The first-order valence-electron chi connectivity index (χ1n) is 10.5. The fraction of sp³-hybridized carbons (Fsp3) is 0.435. The van der Waals surface area contributed by atoms with Gasteiger partial charge in [-0.15, -0.1) is 0 Å². The third kappa shape index (κ3) is 6.59. The van der Waals surface area contributed by atoms with Gasteiger partial charge in [-0.3, -0.25) is 10.8 Å². The van der Waals surface area contributed by atoms with E-state index in [0.29, 0.717) is 31.4 Å². The molecule has 1 saturated carbocycles. The Balaban J connectivity index is 0.000000343. The SMILES string of the molecule is C1CCCCC1.N=CN1CCN(c2ccc(OCc3ccccc3)nc2)CC1=N. The van der Waals surface area contributed by atoms with Crippen molar-refractivity contribution >= 4 is 17.9 Å². The Morgan fingerprint density at radius 1 is 0.931 bits per heavy atom. The van der Waals surface area contributed by atoms with Crippen LogP contribution in [0.1, 0.15) is 44.1 Å². The van der Waals surface area contributed by atoms with Crippen LogP contribution in [0.25, 0.3) is 0 Å². The third-order valence-electron chi connectivity index (χ3n) is 5.27. The molecule has 6 heteroatoms. The molecule has 2 aromatic rings. The van der Waals surface area contributed by atoms with Crippen molar-refractivity contribution in [2.45, 2.75) is 45.1 Å². The smallest absolute Gasteiger partial charge is 0.213 e. The minimum Gasteiger partial charge on any atom is -0.473 e. The minimum atomic E-state index is 0.427. The molecule has 1 aliphatic heterocycles. The first-order valence-corrected chi connectivity index (χ1v) is 10.5. The second-order valence-corrected chi connectivity index (χ2v) is 7.44. The van der Waals surface area contributed by atoms with E-state index in [1.807, 2.05) is 42.5 Å². The molecule has 2 aliphatic rings. The van der Waals surface area contributed by atoms with Gasteiger partial charge in [-0.1, -0.05) is 68.9 Å². The Morgan fingerprint density at radius 2 is 1.62 bits per heavy atom. The van der Waals surface area contributed by atoms with E-state index in [1.165, 1.54) is 44.9 Å². The molecule has 0 bridgehead atoms. The lowest BCUT2D eigenvalue weighted by Gasteiger charge is -2.34. The van der Waals surface area contributed by atoms with Gasteiger partial charge < -0.3 is 14.5 Å². The van der Waals surface area contributed by atoms with E-state index in [-0.39, 0.29) is 0 Å². The van der Waals surface area contributed by atoms with Gasteiger partial charge in [0.25, 0.3) is 0 Å². The zero-order chi connectivity index (χ0) is 20.3. The van der Waals surface area contributed by atoms with Gasteiger partial charge in [0, 0.05) is 19.2 Å². The topological polar surface area (TPSA) is 76.3 Å². The van der Waals surface area contributed by atoms with Crippen LogP contribution in [0.5, 0.6) is 5.88 Å². The molecule has 0 unspecified atom stereocenters. The number of hydrogen-bond donors (Lipinski definition) is 2. The van der Waals surface area contributed by atoms with Gasteiger partial charge in [0.2, 0.25) is 5.88 Å². The maximum absolute atomic E-state index is 7.92. The second kappa shape index (κ2) is 11.2. The van der Waals surface area contributed by atoms with Crippen molar-refractivity contribution in [1.29, 1.82) is 10.8 Å². The van der Waals surface area contributed by atoms with Gasteiger partial charge in [0.05, 0.1) is 24.8 Å². The molecule has 6 nitrogen and oxygen atoms in total. The lowest BCUT2D eigenvalue weighted by atomic mass is 10.0. The number of hydrogen-bond acceptors (Lipinski definition) is 5. The maximum atomic E-state index is 7.92. The van der Waals surface area contributed by atoms with Crippen molar-refractivity contribution in [3.8, 4) is 5.88 Å². The Morgan fingerprint density at radius 3 is 2.17 bits per heavy atom. The van der Waals surface area contributed by atoms with Gasteiger partial charge in [-0.05, 0) is 11.6 Å². The number of rotatable bonds is 5. The number of aromatic nitrogens is 1. The van der Waals surface area contributed by atoms with Crippen LogP contribution in [-0.4, -0.2) is 41.7 Å². The van der Waals surface area contributed by atoms with E-state index >= 15 is 0 Å². The number of amidine groups is 1. The quantitative estimate of drug-likeness (QED) is 0.570. The first kappa shape index (κ1) is 20.8. The molecule has 1 saturated heterocycles. The van der Waals surface area contributed by atoms with Crippen LogP contribution in [0, 0.1) is 10.8 Å². The van der Waals surface area contributed by atoms with E-state index in [4.69, 9.17) is 15.6 Å². The maximum Gasteiger partial charge on any atom is 0.213 e.